The molecule has 0 unspecified atom stereocenters. The van der Waals surface area contributed by atoms with E-state index in [9.17, 15) is 4.79 Å². The standard InChI is InChI=1S/C23H27N3O2/c1-4-24-23(27)21-16-28-22(25-21)15-26(13-19-8-6-5-7-9-19)14-20-12-17(2)10-11-18(20)3/h5-12,16H,4,13-15H2,1-3H3,(H,24,27). The number of carbonyl (C=O) groups excluding carboxylic acids is 1. The molecule has 1 heterocycles. The predicted octanol–water partition coefficient (Wildman–Crippen LogP) is 4.24. The highest BCUT2D eigenvalue weighted by molar-refractivity contribution is 5.91. The van der Waals surface area contributed by atoms with Gasteiger partial charge in [-0.2, -0.15) is 0 Å². The fraction of sp³-hybridized carbons (Fsp3) is 0.304. The Bertz CT molecular complexity index is 919. The van der Waals surface area contributed by atoms with Crippen molar-refractivity contribution in [3.63, 3.8) is 0 Å². The minimum absolute atomic E-state index is 0.207. The molecule has 1 amide bonds. The number of amides is 1. The predicted molar refractivity (Wildman–Crippen MR) is 110 cm³/mol. The first-order chi connectivity index (χ1) is 13.5. The van der Waals surface area contributed by atoms with Crippen LogP contribution in [0.2, 0.25) is 0 Å². The molecule has 3 rings (SSSR count). The van der Waals surface area contributed by atoms with Crippen LogP contribution in [-0.2, 0) is 19.6 Å². The lowest BCUT2D eigenvalue weighted by Gasteiger charge is -2.22. The summed E-state index contributed by atoms with van der Waals surface area (Å²) in [4.78, 5) is 18.6. The van der Waals surface area contributed by atoms with Gasteiger partial charge in [0.05, 0.1) is 6.54 Å². The third-order valence-corrected chi connectivity index (χ3v) is 4.63. The Morgan fingerprint density at radius 1 is 1.07 bits per heavy atom. The second-order valence-electron chi connectivity index (χ2n) is 7.05. The van der Waals surface area contributed by atoms with Gasteiger partial charge in [-0.1, -0.05) is 54.1 Å². The lowest BCUT2D eigenvalue weighted by molar-refractivity contribution is 0.0950. The summed E-state index contributed by atoms with van der Waals surface area (Å²) in [6.07, 6.45) is 1.43. The number of aryl methyl sites for hydroxylation is 2. The van der Waals surface area contributed by atoms with Crippen LogP contribution >= 0.6 is 0 Å². The number of rotatable bonds is 8. The van der Waals surface area contributed by atoms with Crippen molar-refractivity contribution < 1.29 is 9.21 Å². The van der Waals surface area contributed by atoms with E-state index in [1.807, 2.05) is 25.1 Å². The third kappa shape index (κ3) is 5.30. The Morgan fingerprint density at radius 3 is 2.61 bits per heavy atom. The Labute approximate surface area is 166 Å². The van der Waals surface area contributed by atoms with Crippen LogP contribution in [0.5, 0.6) is 0 Å². The number of hydrogen-bond donors (Lipinski definition) is 1. The molecule has 1 N–H and O–H groups in total. The van der Waals surface area contributed by atoms with Gasteiger partial charge < -0.3 is 9.73 Å². The molecule has 0 spiro atoms. The molecule has 0 atom stereocenters. The van der Waals surface area contributed by atoms with Gasteiger partial charge >= 0.3 is 0 Å². The Balaban J connectivity index is 1.80. The van der Waals surface area contributed by atoms with Gasteiger partial charge in [-0.3, -0.25) is 9.69 Å². The molecule has 5 heteroatoms. The highest BCUT2D eigenvalue weighted by atomic mass is 16.3. The number of hydrogen-bond acceptors (Lipinski definition) is 4. The number of carbonyl (C=O) groups is 1. The Kier molecular flexibility index (Phi) is 6.61. The lowest BCUT2D eigenvalue weighted by atomic mass is 10.0. The van der Waals surface area contributed by atoms with Gasteiger partial charge in [-0.15, -0.1) is 0 Å². The molecular weight excluding hydrogens is 350 g/mol. The number of aromatic nitrogens is 1. The van der Waals surface area contributed by atoms with Gasteiger partial charge in [0.25, 0.3) is 5.91 Å². The zero-order valence-electron chi connectivity index (χ0n) is 16.7. The maximum Gasteiger partial charge on any atom is 0.273 e. The van der Waals surface area contributed by atoms with Crippen molar-refractivity contribution in [2.45, 2.75) is 40.4 Å². The first-order valence-electron chi connectivity index (χ1n) is 9.60. The second kappa shape index (κ2) is 9.33. The quantitative estimate of drug-likeness (QED) is 0.638. The molecule has 0 aliphatic rings. The van der Waals surface area contributed by atoms with Crippen molar-refractivity contribution in [3.05, 3.63) is 88.6 Å². The van der Waals surface area contributed by atoms with Crippen LogP contribution in [0.4, 0.5) is 0 Å². The van der Waals surface area contributed by atoms with E-state index in [-0.39, 0.29) is 5.91 Å². The Morgan fingerprint density at radius 2 is 1.86 bits per heavy atom. The summed E-state index contributed by atoms with van der Waals surface area (Å²) in [5.74, 6) is 0.337. The van der Waals surface area contributed by atoms with E-state index in [0.29, 0.717) is 24.7 Å². The fourth-order valence-electron chi connectivity index (χ4n) is 3.15. The average Bonchev–Trinajstić information content (AvgIpc) is 3.14. The topological polar surface area (TPSA) is 58.4 Å². The molecule has 0 fully saturated rings. The molecule has 0 aliphatic carbocycles. The highest BCUT2D eigenvalue weighted by Crippen LogP contribution is 2.18. The van der Waals surface area contributed by atoms with Crippen molar-refractivity contribution in [1.29, 1.82) is 0 Å². The molecule has 0 bridgehead atoms. The van der Waals surface area contributed by atoms with Crippen LogP contribution in [0, 0.1) is 13.8 Å². The molecule has 146 valence electrons. The summed E-state index contributed by atoms with van der Waals surface area (Å²) in [6, 6.07) is 16.9. The van der Waals surface area contributed by atoms with E-state index in [1.165, 1.54) is 28.5 Å². The van der Waals surface area contributed by atoms with E-state index >= 15 is 0 Å². The van der Waals surface area contributed by atoms with Crippen molar-refractivity contribution in [1.82, 2.24) is 15.2 Å². The molecule has 0 aliphatic heterocycles. The van der Waals surface area contributed by atoms with Gasteiger partial charge in [-0.25, -0.2) is 4.98 Å². The van der Waals surface area contributed by atoms with Crippen molar-refractivity contribution in [2.24, 2.45) is 0 Å². The van der Waals surface area contributed by atoms with Gasteiger partial charge in [-0.05, 0) is 37.5 Å². The minimum Gasteiger partial charge on any atom is -0.447 e. The first-order valence-corrected chi connectivity index (χ1v) is 9.60. The molecule has 5 nitrogen and oxygen atoms in total. The van der Waals surface area contributed by atoms with Crippen LogP contribution in [0.3, 0.4) is 0 Å². The number of oxazole rings is 1. The van der Waals surface area contributed by atoms with E-state index in [4.69, 9.17) is 4.42 Å². The molecule has 3 aromatic rings. The zero-order valence-corrected chi connectivity index (χ0v) is 16.7. The average molecular weight is 377 g/mol. The van der Waals surface area contributed by atoms with E-state index in [0.717, 1.165) is 13.1 Å². The summed E-state index contributed by atoms with van der Waals surface area (Å²) in [5, 5.41) is 2.75. The van der Waals surface area contributed by atoms with E-state index in [1.54, 1.807) is 0 Å². The molecule has 0 radical (unpaired) electrons. The first kappa shape index (κ1) is 19.8. The third-order valence-electron chi connectivity index (χ3n) is 4.63. The van der Waals surface area contributed by atoms with Gasteiger partial charge in [0, 0.05) is 19.6 Å². The maximum atomic E-state index is 12.0. The molecular formula is C23H27N3O2. The van der Waals surface area contributed by atoms with Crippen LogP contribution in [0.25, 0.3) is 0 Å². The van der Waals surface area contributed by atoms with Gasteiger partial charge in [0.2, 0.25) is 5.89 Å². The van der Waals surface area contributed by atoms with Crippen LogP contribution in [0.1, 0.15) is 45.6 Å². The molecule has 28 heavy (non-hydrogen) atoms. The van der Waals surface area contributed by atoms with E-state index < -0.39 is 0 Å². The number of nitrogens with zero attached hydrogens (tertiary/aromatic N) is 2. The monoisotopic (exact) mass is 377 g/mol. The summed E-state index contributed by atoms with van der Waals surface area (Å²) < 4.78 is 5.58. The second-order valence-corrected chi connectivity index (χ2v) is 7.05. The van der Waals surface area contributed by atoms with Crippen molar-refractivity contribution in [3.8, 4) is 0 Å². The van der Waals surface area contributed by atoms with Crippen LogP contribution in [0.15, 0.2) is 59.2 Å². The summed E-state index contributed by atoms with van der Waals surface area (Å²) in [5.41, 5.74) is 5.34. The normalized spacial score (nSPS) is 11.0. The van der Waals surface area contributed by atoms with E-state index in [2.05, 4.69) is 59.4 Å². The fourth-order valence-corrected chi connectivity index (χ4v) is 3.15. The molecule has 0 saturated carbocycles. The summed E-state index contributed by atoms with van der Waals surface area (Å²) >= 11 is 0. The highest BCUT2D eigenvalue weighted by Gasteiger charge is 2.16. The van der Waals surface area contributed by atoms with Crippen molar-refractivity contribution >= 4 is 5.91 Å². The largest absolute Gasteiger partial charge is 0.447 e. The molecule has 1 aromatic heterocycles. The molecule has 0 saturated heterocycles. The van der Waals surface area contributed by atoms with Crippen molar-refractivity contribution in [2.75, 3.05) is 6.54 Å². The Hall–Kier alpha value is -2.92. The zero-order chi connectivity index (χ0) is 19.9. The van der Waals surface area contributed by atoms with Crippen LogP contribution < -0.4 is 5.32 Å². The summed E-state index contributed by atoms with van der Waals surface area (Å²) in [7, 11) is 0. The number of benzene rings is 2. The SMILES string of the molecule is CCNC(=O)c1coc(CN(Cc2ccccc2)Cc2cc(C)ccc2C)n1. The maximum absolute atomic E-state index is 12.0. The van der Waals surface area contributed by atoms with Crippen LogP contribution in [-0.4, -0.2) is 22.3 Å². The molecule has 2 aromatic carbocycles. The van der Waals surface area contributed by atoms with Gasteiger partial charge in [0.15, 0.2) is 5.69 Å². The lowest BCUT2D eigenvalue weighted by Crippen LogP contribution is -2.24. The van der Waals surface area contributed by atoms with Gasteiger partial charge in [0.1, 0.15) is 6.26 Å². The minimum atomic E-state index is -0.207. The smallest absolute Gasteiger partial charge is 0.273 e. The summed E-state index contributed by atoms with van der Waals surface area (Å²) in [6.45, 7) is 8.76. The number of nitrogens with one attached hydrogen (secondary N) is 1.